The molecule has 0 spiro atoms. The molecule has 0 atom stereocenters. The number of carbonyl (C=O) groups is 2. The zero-order valence-electron chi connectivity index (χ0n) is 13.4. The van der Waals surface area contributed by atoms with Crippen LogP contribution in [0.1, 0.15) is 11.1 Å². The zero-order valence-corrected chi connectivity index (χ0v) is 13.4. The van der Waals surface area contributed by atoms with Gasteiger partial charge in [-0.3, -0.25) is 29.8 Å². The number of nitrogens with zero attached hydrogens (tertiary/aromatic N) is 3. The topological polar surface area (TPSA) is 124 Å². The lowest BCUT2D eigenvalue weighted by Crippen LogP contribution is -2.30. The van der Waals surface area contributed by atoms with E-state index < -0.39 is 33.0 Å². The molecule has 0 unspecified atom stereocenters. The number of rotatable bonds is 4. The molecule has 1 heterocycles. The predicted molar refractivity (Wildman–Crippen MR) is 91.4 cm³/mol. The molecule has 3 rings (SSSR count). The molecule has 2 aromatic rings. The Balaban J connectivity index is 2.08. The van der Waals surface area contributed by atoms with Crippen molar-refractivity contribution in [3.63, 3.8) is 0 Å². The second-order valence-corrected chi connectivity index (χ2v) is 5.57. The number of non-ortho nitro benzene ring substituents is 2. The van der Waals surface area contributed by atoms with Crippen molar-refractivity contribution in [2.45, 2.75) is 6.92 Å². The molecule has 0 saturated heterocycles. The van der Waals surface area contributed by atoms with Gasteiger partial charge in [0.1, 0.15) is 0 Å². The molecule has 2 aromatic carbocycles. The summed E-state index contributed by atoms with van der Waals surface area (Å²) in [4.78, 5) is 46.1. The van der Waals surface area contributed by atoms with Crippen LogP contribution in [0.5, 0.6) is 0 Å². The van der Waals surface area contributed by atoms with Crippen molar-refractivity contribution < 1.29 is 19.4 Å². The van der Waals surface area contributed by atoms with Crippen molar-refractivity contribution in [2.24, 2.45) is 0 Å². The van der Waals surface area contributed by atoms with E-state index in [9.17, 15) is 29.8 Å². The lowest BCUT2D eigenvalue weighted by molar-refractivity contribution is -0.394. The number of aryl methyl sites for hydroxylation is 1. The Morgan fingerprint density at radius 3 is 2.04 bits per heavy atom. The fraction of sp³-hybridized carbons (Fsp3) is 0.0588. The minimum atomic E-state index is -0.822. The predicted octanol–water partition coefficient (Wildman–Crippen LogP) is 2.77. The Bertz CT molecular complexity index is 979. The van der Waals surface area contributed by atoms with Crippen molar-refractivity contribution >= 4 is 34.4 Å². The van der Waals surface area contributed by atoms with E-state index in [4.69, 9.17) is 0 Å². The third-order valence-electron chi connectivity index (χ3n) is 3.92. The monoisotopic (exact) mass is 353 g/mol. The molecule has 0 fully saturated rings. The summed E-state index contributed by atoms with van der Waals surface area (Å²) in [7, 11) is 0. The first-order chi connectivity index (χ1) is 12.3. The second kappa shape index (κ2) is 6.20. The first kappa shape index (κ1) is 17.0. The van der Waals surface area contributed by atoms with Gasteiger partial charge in [0.2, 0.25) is 0 Å². The number of imide groups is 1. The molecule has 0 aromatic heterocycles. The number of nitro benzene ring substituents is 2. The molecule has 2 amide bonds. The average Bonchev–Trinajstić information content (AvgIpc) is 2.89. The van der Waals surface area contributed by atoms with Gasteiger partial charge in [-0.1, -0.05) is 24.3 Å². The number of hydrogen-bond donors (Lipinski definition) is 0. The van der Waals surface area contributed by atoms with Crippen molar-refractivity contribution in [1.82, 2.24) is 0 Å². The van der Waals surface area contributed by atoms with E-state index in [1.165, 1.54) is 0 Å². The minimum absolute atomic E-state index is 0.127. The average molecular weight is 353 g/mol. The lowest BCUT2D eigenvalue weighted by Gasteiger charge is -2.15. The molecule has 9 heteroatoms. The molecule has 0 N–H and O–H groups in total. The van der Waals surface area contributed by atoms with E-state index in [1.807, 2.05) is 0 Å². The molecule has 1 aliphatic rings. The van der Waals surface area contributed by atoms with Gasteiger partial charge in [-0.15, -0.1) is 0 Å². The minimum Gasteiger partial charge on any atom is -0.269 e. The quantitative estimate of drug-likeness (QED) is 0.473. The van der Waals surface area contributed by atoms with Crippen LogP contribution in [0, 0.1) is 27.2 Å². The lowest BCUT2D eigenvalue weighted by atomic mass is 10.0. The van der Waals surface area contributed by atoms with Gasteiger partial charge in [-0.05, 0) is 18.1 Å². The van der Waals surface area contributed by atoms with Crippen LogP contribution >= 0.6 is 0 Å². The summed E-state index contributed by atoms with van der Waals surface area (Å²) in [6, 6.07) is 9.61. The first-order valence-electron chi connectivity index (χ1n) is 7.39. The number of benzene rings is 2. The molecule has 0 bridgehead atoms. The molecule has 1 aliphatic heterocycles. The van der Waals surface area contributed by atoms with Gasteiger partial charge in [-0.25, -0.2) is 4.90 Å². The highest BCUT2D eigenvalue weighted by molar-refractivity contribution is 6.43. The van der Waals surface area contributed by atoms with Crippen molar-refractivity contribution in [1.29, 1.82) is 0 Å². The van der Waals surface area contributed by atoms with E-state index in [-0.39, 0.29) is 11.3 Å². The smallest absolute Gasteiger partial charge is 0.269 e. The number of amides is 2. The van der Waals surface area contributed by atoms with Crippen molar-refractivity contribution in [2.75, 3.05) is 4.90 Å². The van der Waals surface area contributed by atoms with Crippen LogP contribution in [0.3, 0.4) is 0 Å². The number of nitro groups is 2. The van der Waals surface area contributed by atoms with E-state index >= 15 is 0 Å². The van der Waals surface area contributed by atoms with Crippen molar-refractivity contribution in [3.05, 3.63) is 79.9 Å². The molecule has 130 valence electrons. The van der Waals surface area contributed by atoms with Crippen LogP contribution in [-0.2, 0) is 9.59 Å². The summed E-state index contributed by atoms with van der Waals surface area (Å²) >= 11 is 0. The number of carbonyl (C=O) groups excluding carboxylic acids is 2. The van der Waals surface area contributed by atoms with E-state index in [1.54, 1.807) is 31.2 Å². The third kappa shape index (κ3) is 2.81. The third-order valence-corrected chi connectivity index (χ3v) is 3.92. The number of anilines is 1. The zero-order chi connectivity index (χ0) is 19.0. The summed E-state index contributed by atoms with van der Waals surface area (Å²) in [6.07, 6.45) is 1.12. The Kier molecular flexibility index (Phi) is 4.05. The van der Waals surface area contributed by atoms with Gasteiger partial charge >= 0.3 is 0 Å². The van der Waals surface area contributed by atoms with Gasteiger partial charge < -0.3 is 0 Å². The summed E-state index contributed by atoms with van der Waals surface area (Å²) in [6.45, 7) is 1.77. The van der Waals surface area contributed by atoms with E-state index in [0.29, 0.717) is 10.5 Å². The van der Waals surface area contributed by atoms with E-state index in [2.05, 4.69) is 0 Å². The molecule has 0 saturated carbocycles. The Morgan fingerprint density at radius 1 is 0.923 bits per heavy atom. The fourth-order valence-electron chi connectivity index (χ4n) is 2.70. The molecule has 9 nitrogen and oxygen atoms in total. The normalized spacial score (nSPS) is 13.7. The first-order valence-corrected chi connectivity index (χ1v) is 7.39. The van der Waals surface area contributed by atoms with Gasteiger partial charge in [0.15, 0.2) is 0 Å². The molecule has 0 aliphatic carbocycles. The van der Waals surface area contributed by atoms with Crippen LogP contribution in [0.15, 0.2) is 48.5 Å². The highest BCUT2D eigenvalue weighted by Gasteiger charge is 2.35. The summed E-state index contributed by atoms with van der Waals surface area (Å²) in [5, 5.41) is 22.0. The molecule has 0 radical (unpaired) electrons. The van der Waals surface area contributed by atoms with Crippen molar-refractivity contribution in [3.8, 4) is 0 Å². The summed E-state index contributed by atoms with van der Waals surface area (Å²) in [5.74, 6) is -1.41. The highest BCUT2D eigenvalue weighted by Crippen LogP contribution is 2.34. The van der Waals surface area contributed by atoms with Crippen LogP contribution in [0.4, 0.5) is 17.1 Å². The molecule has 26 heavy (non-hydrogen) atoms. The Hall–Kier alpha value is -3.88. The van der Waals surface area contributed by atoms with Gasteiger partial charge in [0, 0.05) is 18.2 Å². The largest absolute Gasteiger partial charge is 0.278 e. The van der Waals surface area contributed by atoms with Crippen LogP contribution < -0.4 is 4.90 Å². The van der Waals surface area contributed by atoms with Gasteiger partial charge in [-0.2, -0.15) is 0 Å². The highest BCUT2D eigenvalue weighted by atomic mass is 16.6. The fourth-order valence-corrected chi connectivity index (χ4v) is 2.70. The van der Waals surface area contributed by atoms with Gasteiger partial charge in [0.05, 0.1) is 27.2 Å². The van der Waals surface area contributed by atoms with E-state index in [0.717, 1.165) is 29.8 Å². The summed E-state index contributed by atoms with van der Waals surface area (Å²) in [5.41, 5.74) is 0.0568. The Morgan fingerprint density at radius 2 is 1.50 bits per heavy atom. The maximum absolute atomic E-state index is 12.7. The maximum Gasteiger partial charge on any atom is 0.278 e. The maximum atomic E-state index is 12.7. The standard InChI is InChI=1S/C17H11N3O6/c1-10-4-2-3-5-14(10)15-9-16(21)18(17(15)22)11-6-12(19(23)24)8-13(7-11)20(25)26/h2-9H,1H3. The van der Waals surface area contributed by atoms with Crippen LogP contribution in [0.2, 0.25) is 0 Å². The molecular weight excluding hydrogens is 342 g/mol. The molecular formula is C17H11N3O6. The Labute approximate surface area is 146 Å². The SMILES string of the molecule is Cc1ccccc1C1=CC(=O)N(c2cc([N+](=O)[O-])cc([N+](=O)[O-])c2)C1=O. The van der Waals surface area contributed by atoms with Gasteiger partial charge in [0.25, 0.3) is 23.2 Å². The second-order valence-electron chi connectivity index (χ2n) is 5.57. The number of hydrogen-bond acceptors (Lipinski definition) is 6. The van der Waals surface area contributed by atoms with Crippen LogP contribution in [0.25, 0.3) is 5.57 Å². The summed E-state index contributed by atoms with van der Waals surface area (Å²) < 4.78 is 0. The van der Waals surface area contributed by atoms with Crippen LogP contribution in [-0.4, -0.2) is 21.7 Å².